The molecule has 0 fully saturated rings. The molecular weight excluding hydrogens is 422 g/mol. The summed E-state index contributed by atoms with van der Waals surface area (Å²) in [7, 11) is 6.88. The lowest BCUT2D eigenvalue weighted by Gasteiger charge is -2.23. The maximum absolute atomic E-state index is 2.29. The zero-order valence-electron chi connectivity index (χ0n) is 24.5. The van der Waals surface area contributed by atoms with Crippen molar-refractivity contribution in [3.8, 4) is 0 Å². The molecule has 0 aromatic carbocycles. The number of hydrogen-bond acceptors (Lipinski definition) is 0. The monoisotopic (exact) mass is 490 g/mol. The van der Waals surface area contributed by atoms with Crippen LogP contribution < -0.4 is 12.4 Å². The molecule has 0 unspecified atom stereocenters. The molecule has 0 aliphatic carbocycles. The second-order valence-electron chi connectivity index (χ2n) is 11.4. The van der Waals surface area contributed by atoms with Crippen LogP contribution in [0.4, 0.5) is 0 Å². The first-order chi connectivity index (χ1) is 15.5. The van der Waals surface area contributed by atoms with Gasteiger partial charge in [-0.15, -0.1) is 0 Å². The Morgan fingerprint density at radius 3 is 0.667 bits per heavy atom. The maximum Gasteiger partial charge on any atom is 0.0780 e. The summed E-state index contributed by atoms with van der Waals surface area (Å²) in [4.78, 5) is 0. The predicted molar refractivity (Wildman–Crippen MR) is 151 cm³/mol. The van der Waals surface area contributed by atoms with Gasteiger partial charge in [0.1, 0.15) is 0 Å². The largest absolute Gasteiger partial charge is 1.00 e. The highest BCUT2D eigenvalue weighted by Gasteiger charge is 2.04. The Kier molecular flexibility index (Phi) is 36.9. The van der Waals surface area contributed by atoms with Gasteiger partial charge in [-0.05, 0) is 12.8 Å². The fraction of sp³-hybridized carbons (Fsp3) is 1.00. The van der Waals surface area contributed by atoms with Crippen molar-refractivity contribution < 1.29 is 16.9 Å². The lowest BCUT2D eigenvalue weighted by atomic mass is 10.0. The summed E-state index contributed by atoms with van der Waals surface area (Å²) in [6.45, 7) is 8.18. The van der Waals surface area contributed by atoms with Gasteiger partial charge in [-0.1, -0.05) is 162 Å². The number of hydrogen-bond donors (Lipinski definition) is 0. The molecule has 0 bridgehead atoms. The minimum absolute atomic E-state index is 0. The van der Waals surface area contributed by atoms with Gasteiger partial charge in [0.25, 0.3) is 0 Å². The molecule has 0 rings (SSSR count). The first kappa shape index (κ1) is 37.8. The first-order valence-electron chi connectivity index (χ1n) is 15.3. The quantitative estimate of drug-likeness (QED) is 0.0948. The Morgan fingerprint density at radius 1 is 0.303 bits per heavy atom. The molecule has 0 heterocycles. The van der Waals surface area contributed by atoms with Crippen molar-refractivity contribution in [1.29, 1.82) is 0 Å². The molecule has 204 valence electrons. The molecule has 0 amide bonds. The lowest BCUT2D eigenvalue weighted by molar-refractivity contribution is -0.870. The summed E-state index contributed by atoms with van der Waals surface area (Å²) >= 11 is 0. The van der Waals surface area contributed by atoms with Crippen molar-refractivity contribution in [2.24, 2.45) is 0 Å². The van der Waals surface area contributed by atoms with Crippen molar-refractivity contribution in [3.05, 3.63) is 0 Å². The van der Waals surface area contributed by atoms with Gasteiger partial charge in [-0.25, -0.2) is 0 Å². The average molecular weight is 490 g/mol. The van der Waals surface area contributed by atoms with Crippen molar-refractivity contribution in [2.45, 2.75) is 175 Å². The highest BCUT2D eigenvalue weighted by molar-refractivity contribution is 4.49. The van der Waals surface area contributed by atoms with E-state index in [0.29, 0.717) is 0 Å². The van der Waals surface area contributed by atoms with Crippen LogP contribution in [-0.4, -0.2) is 32.2 Å². The van der Waals surface area contributed by atoms with Gasteiger partial charge in [0.15, 0.2) is 0 Å². The molecule has 0 spiro atoms. The van der Waals surface area contributed by atoms with Gasteiger partial charge < -0.3 is 16.9 Å². The van der Waals surface area contributed by atoms with Crippen LogP contribution in [0.25, 0.3) is 0 Å². The Balaban J connectivity index is -0.000000596. The molecule has 1 nitrogen and oxygen atoms in total. The topological polar surface area (TPSA) is 0 Å². The van der Waals surface area contributed by atoms with Crippen LogP contribution in [0.15, 0.2) is 0 Å². The van der Waals surface area contributed by atoms with Crippen LogP contribution in [-0.2, 0) is 0 Å². The van der Waals surface area contributed by atoms with E-state index >= 15 is 0 Å². The van der Waals surface area contributed by atoms with E-state index in [1.807, 2.05) is 0 Å². The Morgan fingerprint density at radius 2 is 0.485 bits per heavy atom. The van der Waals surface area contributed by atoms with Crippen LogP contribution in [0.1, 0.15) is 175 Å². The van der Waals surface area contributed by atoms with Gasteiger partial charge in [-0.3, -0.25) is 0 Å². The molecule has 0 aromatic rings. The summed E-state index contributed by atoms with van der Waals surface area (Å²) in [5.41, 5.74) is 0. The van der Waals surface area contributed by atoms with Gasteiger partial charge in [-0.2, -0.15) is 0 Å². The number of unbranched alkanes of at least 4 members (excludes halogenated alkanes) is 22. The molecule has 0 N–H and O–H groups in total. The van der Waals surface area contributed by atoms with E-state index in [4.69, 9.17) is 0 Å². The van der Waals surface area contributed by atoms with Crippen molar-refractivity contribution in [1.82, 2.24) is 0 Å². The summed E-state index contributed by atoms with van der Waals surface area (Å²) in [6.07, 6.45) is 34.8. The van der Waals surface area contributed by atoms with E-state index in [1.54, 1.807) is 0 Å². The van der Waals surface area contributed by atoms with E-state index in [9.17, 15) is 0 Å². The zero-order chi connectivity index (χ0) is 24.2. The zero-order valence-corrected chi connectivity index (χ0v) is 25.3. The van der Waals surface area contributed by atoms with Crippen LogP contribution >= 0.6 is 0 Å². The van der Waals surface area contributed by atoms with Crippen molar-refractivity contribution in [2.75, 3.05) is 27.7 Å². The van der Waals surface area contributed by atoms with E-state index in [0.717, 1.165) is 4.48 Å². The lowest BCUT2D eigenvalue weighted by Crippen LogP contribution is -3.00. The summed E-state index contributed by atoms with van der Waals surface area (Å²) in [5, 5.41) is 0. The molecule has 0 aliphatic rings. The second-order valence-corrected chi connectivity index (χ2v) is 11.4. The fourth-order valence-corrected chi connectivity index (χ4v) is 4.34. The van der Waals surface area contributed by atoms with Crippen LogP contribution in [0.2, 0.25) is 0 Å². The Hall–Kier alpha value is 0.250. The third-order valence-electron chi connectivity index (χ3n) is 6.64. The molecule has 0 aromatic heterocycles. The smallest absolute Gasteiger partial charge is 0.0780 e. The molecule has 0 saturated heterocycles. The molecule has 0 atom stereocenters. The third kappa shape index (κ3) is 42.8. The third-order valence-corrected chi connectivity index (χ3v) is 6.64. The standard InChI is InChI=1S/C19H42N.C12H26.ClH/c1-5-6-7-8-9-10-11-12-13-14-15-16-17-18-19-20(2,3)4;1-3-5-7-9-11-12-10-8-6-4-2;/h5-19H2,1-4H3;3-12H2,1-2H3;1H/q+1;;/p-1. The molecule has 0 saturated carbocycles. The number of nitrogens with zero attached hydrogens (tertiary/aromatic N) is 1. The predicted octanol–water partition coefficient (Wildman–Crippen LogP) is 8.11. The van der Waals surface area contributed by atoms with Crippen molar-refractivity contribution >= 4 is 0 Å². The summed E-state index contributed by atoms with van der Waals surface area (Å²) in [6, 6.07) is 0. The number of quaternary nitrogens is 1. The highest BCUT2D eigenvalue weighted by atomic mass is 35.5. The van der Waals surface area contributed by atoms with Gasteiger partial charge >= 0.3 is 0 Å². The van der Waals surface area contributed by atoms with Gasteiger partial charge in [0.2, 0.25) is 0 Å². The van der Waals surface area contributed by atoms with E-state index < -0.39 is 0 Å². The van der Waals surface area contributed by atoms with E-state index in [-0.39, 0.29) is 12.4 Å². The number of rotatable bonds is 24. The molecule has 0 radical (unpaired) electrons. The van der Waals surface area contributed by atoms with Crippen LogP contribution in [0.5, 0.6) is 0 Å². The SMILES string of the molecule is CCCCCCCCCCCC.CCCCCCCCCCCCCCCC[N+](C)(C)C.[Cl-]. The fourth-order valence-electron chi connectivity index (χ4n) is 4.34. The van der Waals surface area contributed by atoms with Crippen LogP contribution in [0.3, 0.4) is 0 Å². The van der Waals surface area contributed by atoms with Gasteiger partial charge in [0, 0.05) is 0 Å². The number of halogens is 1. The summed E-state index contributed by atoms with van der Waals surface area (Å²) in [5.74, 6) is 0. The molecular formula is C31H68ClN. The minimum atomic E-state index is 0. The molecule has 2 heteroatoms. The van der Waals surface area contributed by atoms with Crippen LogP contribution in [0, 0.1) is 0 Å². The second kappa shape index (κ2) is 32.2. The average Bonchev–Trinajstić information content (AvgIpc) is 2.75. The molecule has 0 aliphatic heterocycles. The minimum Gasteiger partial charge on any atom is -1.00 e. The normalized spacial score (nSPS) is 11.1. The highest BCUT2D eigenvalue weighted by Crippen LogP contribution is 2.13. The van der Waals surface area contributed by atoms with Crippen molar-refractivity contribution in [3.63, 3.8) is 0 Å². The van der Waals surface area contributed by atoms with E-state index in [1.165, 1.54) is 161 Å². The first-order valence-corrected chi connectivity index (χ1v) is 15.3. The maximum atomic E-state index is 2.29. The summed E-state index contributed by atoms with van der Waals surface area (Å²) < 4.78 is 1.12. The van der Waals surface area contributed by atoms with E-state index in [2.05, 4.69) is 41.9 Å². The van der Waals surface area contributed by atoms with Gasteiger partial charge in [0.05, 0.1) is 27.7 Å². The Bertz CT molecular complexity index is 301. The molecule has 33 heavy (non-hydrogen) atoms. The Labute approximate surface area is 219 Å².